The standard InChI is InChI=1S/C19H15ClN2O4/c1-10-3-8-14(9-11(10)2)22-17(23)15(20)16(18(22)24)21-13-6-4-12(5-7-13)19(25)26/h3-9,21H,1-2H3,(H,25,26). The summed E-state index contributed by atoms with van der Waals surface area (Å²) in [5.74, 6) is -2.23. The Bertz CT molecular complexity index is 964. The predicted molar refractivity (Wildman–Crippen MR) is 98.3 cm³/mol. The molecule has 0 unspecified atom stereocenters. The van der Waals surface area contributed by atoms with Gasteiger partial charge in [-0.1, -0.05) is 17.7 Å². The molecule has 26 heavy (non-hydrogen) atoms. The Morgan fingerprint density at radius 2 is 1.65 bits per heavy atom. The zero-order chi connectivity index (χ0) is 19.0. The molecule has 6 nitrogen and oxygen atoms in total. The number of rotatable bonds is 4. The SMILES string of the molecule is Cc1ccc(N2C(=O)C(Cl)=C(Nc3ccc(C(=O)O)cc3)C2=O)cc1C. The number of aromatic carboxylic acids is 1. The van der Waals surface area contributed by atoms with Gasteiger partial charge in [0.2, 0.25) is 0 Å². The van der Waals surface area contributed by atoms with E-state index in [0.29, 0.717) is 11.4 Å². The van der Waals surface area contributed by atoms with Crippen molar-refractivity contribution < 1.29 is 19.5 Å². The van der Waals surface area contributed by atoms with Crippen molar-refractivity contribution in [3.05, 3.63) is 69.9 Å². The smallest absolute Gasteiger partial charge is 0.335 e. The van der Waals surface area contributed by atoms with Crippen molar-refractivity contribution >= 4 is 40.8 Å². The van der Waals surface area contributed by atoms with Gasteiger partial charge in [-0.05, 0) is 61.4 Å². The molecule has 7 heteroatoms. The quantitative estimate of drug-likeness (QED) is 0.805. The van der Waals surface area contributed by atoms with Crippen molar-refractivity contribution in [2.45, 2.75) is 13.8 Å². The predicted octanol–water partition coefficient (Wildman–Crippen LogP) is 3.44. The van der Waals surface area contributed by atoms with Crippen LogP contribution in [0, 0.1) is 13.8 Å². The fraction of sp³-hybridized carbons (Fsp3) is 0.105. The molecule has 0 saturated heterocycles. The first kappa shape index (κ1) is 17.7. The van der Waals surface area contributed by atoms with Crippen LogP contribution in [0.15, 0.2) is 53.2 Å². The highest BCUT2D eigenvalue weighted by Crippen LogP contribution is 2.31. The second-order valence-corrected chi connectivity index (χ2v) is 6.29. The Labute approximate surface area is 154 Å². The van der Waals surface area contributed by atoms with E-state index in [2.05, 4.69) is 5.32 Å². The minimum atomic E-state index is -1.05. The summed E-state index contributed by atoms with van der Waals surface area (Å²) in [6.07, 6.45) is 0. The van der Waals surface area contributed by atoms with E-state index in [9.17, 15) is 14.4 Å². The minimum Gasteiger partial charge on any atom is -0.478 e. The van der Waals surface area contributed by atoms with Gasteiger partial charge in [0, 0.05) is 5.69 Å². The Kier molecular flexibility index (Phi) is 4.52. The number of hydrogen-bond donors (Lipinski definition) is 2. The lowest BCUT2D eigenvalue weighted by Crippen LogP contribution is -2.32. The maximum Gasteiger partial charge on any atom is 0.335 e. The van der Waals surface area contributed by atoms with Crippen molar-refractivity contribution in [2.24, 2.45) is 0 Å². The van der Waals surface area contributed by atoms with Crippen LogP contribution >= 0.6 is 11.6 Å². The van der Waals surface area contributed by atoms with Crippen molar-refractivity contribution in [1.82, 2.24) is 0 Å². The topological polar surface area (TPSA) is 86.7 Å². The van der Waals surface area contributed by atoms with Gasteiger partial charge < -0.3 is 10.4 Å². The van der Waals surface area contributed by atoms with E-state index in [-0.39, 0.29) is 16.3 Å². The van der Waals surface area contributed by atoms with Gasteiger partial charge in [-0.3, -0.25) is 9.59 Å². The number of amides is 2. The minimum absolute atomic E-state index is 0.0435. The molecule has 3 rings (SSSR count). The van der Waals surface area contributed by atoms with Crippen LogP contribution in [0.5, 0.6) is 0 Å². The first-order valence-electron chi connectivity index (χ1n) is 7.76. The number of carboxylic acid groups (broad SMARTS) is 1. The summed E-state index contributed by atoms with van der Waals surface area (Å²) in [6.45, 7) is 3.83. The molecule has 0 aliphatic carbocycles. The first-order valence-corrected chi connectivity index (χ1v) is 8.13. The van der Waals surface area contributed by atoms with E-state index in [1.54, 1.807) is 12.1 Å². The number of aryl methyl sites for hydroxylation is 2. The van der Waals surface area contributed by atoms with E-state index in [0.717, 1.165) is 16.0 Å². The molecule has 0 bridgehead atoms. The van der Waals surface area contributed by atoms with Crippen LogP contribution in [0.2, 0.25) is 0 Å². The molecule has 2 aromatic carbocycles. The highest BCUT2D eigenvalue weighted by Gasteiger charge is 2.39. The third-order valence-corrected chi connectivity index (χ3v) is 4.53. The molecule has 1 aliphatic rings. The number of imide groups is 1. The Morgan fingerprint density at radius 1 is 1.00 bits per heavy atom. The molecule has 132 valence electrons. The van der Waals surface area contributed by atoms with Crippen molar-refractivity contribution in [3.63, 3.8) is 0 Å². The lowest BCUT2D eigenvalue weighted by Gasteiger charge is -2.16. The Hall–Kier alpha value is -3.12. The molecule has 0 fully saturated rings. The van der Waals surface area contributed by atoms with Crippen molar-refractivity contribution in [3.8, 4) is 0 Å². The summed E-state index contributed by atoms with van der Waals surface area (Å²) in [6, 6.07) is 11.0. The zero-order valence-corrected chi connectivity index (χ0v) is 14.8. The van der Waals surface area contributed by atoms with E-state index in [1.165, 1.54) is 24.3 Å². The molecule has 1 heterocycles. The second kappa shape index (κ2) is 6.65. The fourth-order valence-electron chi connectivity index (χ4n) is 2.55. The Morgan fingerprint density at radius 3 is 2.23 bits per heavy atom. The summed E-state index contributed by atoms with van der Waals surface area (Å²) in [5.41, 5.74) is 2.96. The van der Waals surface area contributed by atoms with E-state index >= 15 is 0 Å². The number of carbonyl (C=O) groups excluding carboxylic acids is 2. The zero-order valence-electron chi connectivity index (χ0n) is 14.0. The molecule has 2 N–H and O–H groups in total. The van der Waals surface area contributed by atoms with E-state index in [4.69, 9.17) is 16.7 Å². The molecule has 0 atom stereocenters. The van der Waals surface area contributed by atoms with Crippen molar-refractivity contribution in [1.29, 1.82) is 0 Å². The van der Waals surface area contributed by atoms with Gasteiger partial charge in [0.25, 0.3) is 11.8 Å². The Balaban J connectivity index is 1.88. The molecule has 0 radical (unpaired) electrons. The van der Waals surface area contributed by atoms with Gasteiger partial charge in [0.05, 0.1) is 11.3 Å². The van der Waals surface area contributed by atoms with Crippen LogP contribution in [0.4, 0.5) is 11.4 Å². The van der Waals surface area contributed by atoms with Crippen LogP contribution in [-0.4, -0.2) is 22.9 Å². The van der Waals surface area contributed by atoms with Crippen LogP contribution < -0.4 is 10.2 Å². The molecule has 0 spiro atoms. The highest BCUT2D eigenvalue weighted by atomic mass is 35.5. The number of hydrogen-bond acceptors (Lipinski definition) is 4. The summed E-state index contributed by atoms with van der Waals surface area (Å²) in [5, 5.41) is 11.5. The maximum absolute atomic E-state index is 12.7. The van der Waals surface area contributed by atoms with E-state index < -0.39 is 17.8 Å². The molecule has 2 aromatic rings. The van der Waals surface area contributed by atoms with Gasteiger partial charge >= 0.3 is 5.97 Å². The van der Waals surface area contributed by atoms with Crippen LogP contribution in [0.1, 0.15) is 21.5 Å². The van der Waals surface area contributed by atoms with Gasteiger partial charge in [-0.25, -0.2) is 9.69 Å². The normalized spacial score (nSPS) is 14.2. The highest BCUT2D eigenvalue weighted by molar-refractivity contribution is 6.53. The van der Waals surface area contributed by atoms with Gasteiger partial charge in [0.15, 0.2) is 0 Å². The van der Waals surface area contributed by atoms with Crippen molar-refractivity contribution in [2.75, 3.05) is 10.2 Å². The molecule has 0 aromatic heterocycles. The number of nitrogens with zero attached hydrogens (tertiary/aromatic N) is 1. The summed E-state index contributed by atoms with van der Waals surface area (Å²) >= 11 is 6.08. The number of nitrogens with one attached hydrogen (secondary N) is 1. The third kappa shape index (κ3) is 3.07. The maximum atomic E-state index is 12.7. The number of anilines is 2. The molecule has 0 saturated carbocycles. The monoisotopic (exact) mass is 370 g/mol. The number of carbonyl (C=O) groups is 3. The number of halogens is 1. The molecule has 2 amide bonds. The first-order chi connectivity index (χ1) is 12.3. The van der Waals surface area contributed by atoms with Gasteiger partial charge in [0.1, 0.15) is 10.7 Å². The average molecular weight is 371 g/mol. The molecule has 1 aliphatic heterocycles. The van der Waals surface area contributed by atoms with Crippen LogP contribution in [0.25, 0.3) is 0 Å². The number of carboxylic acids is 1. The summed E-state index contributed by atoms with van der Waals surface area (Å²) < 4.78 is 0. The van der Waals surface area contributed by atoms with Crippen LogP contribution in [-0.2, 0) is 9.59 Å². The molecular formula is C19H15ClN2O4. The van der Waals surface area contributed by atoms with Gasteiger partial charge in [-0.15, -0.1) is 0 Å². The third-order valence-electron chi connectivity index (χ3n) is 4.18. The number of benzene rings is 2. The fourth-order valence-corrected chi connectivity index (χ4v) is 2.76. The average Bonchev–Trinajstić information content (AvgIpc) is 2.81. The molecular weight excluding hydrogens is 356 g/mol. The lowest BCUT2D eigenvalue weighted by molar-refractivity contribution is -0.120. The van der Waals surface area contributed by atoms with E-state index in [1.807, 2.05) is 19.9 Å². The van der Waals surface area contributed by atoms with Crippen LogP contribution in [0.3, 0.4) is 0 Å². The van der Waals surface area contributed by atoms with Gasteiger partial charge in [-0.2, -0.15) is 0 Å². The lowest BCUT2D eigenvalue weighted by atomic mass is 10.1. The summed E-state index contributed by atoms with van der Waals surface area (Å²) in [7, 11) is 0. The largest absolute Gasteiger partial charge is 0.478 e. The second-order valence-electron chi connectivity index (χ2n) is 5.91. The summed E-state index contributed by atoms with van der Waals surface area (Å²) in [4.78, 5) is 37.1.